The Bertz CT molecular complexity index is 816. The minimum atomic E-state index is -1.20. The van der Waals surface area contributed by atoms with E-state index in [1.54, 1.807) is 0 Å². The highest BCUT2D eigenvalue weighted by atomic mass is 16.6. The number of hydrogen-bond acceptors (Lipinski definition) is 5. The van der Waals surface area contributed by atoms with Gasteiger partial charge in [-0.05, 0) is 37.3 Å². The number of carbonyl (C=O) groups is 2. The molecule has 0 saturated carbocycles. The minimum Gasteiger partial charge on any atom is -0.506 e. The average Bonchev–Trinajstić information content (AvgIpc) is 2.48. The summed E-state index contributed by atoms with van der Waals surface area (Å²) in [5.74, 6) is -2.18. The molecule has 118 valence electrons. The van der Waals surface area contributed by atoms with Crippen molar-refractivity contribution in [2.24, 2.45) is 0 Å². The number of phenols is 1. The molecular weight excluding hydrogens is 304 g/mol. The molecule has 0 aliphatic heterocycles. The summed E-state index contributed by atoms with van der Waals surface area (Å²) < 4.78 is 0. The maximum Gasteiger partial charge on any atom is 0.335 e. The highest BCUT2D eigenvalue weighted by Crippen LogP contribution is 2.25. The Kier molecular flexibility index (Phi) is 4.26. The Labute approximate surface area is 130 Å². The molecule has 0 radical (unpaired) electrons. The Morgan fingerprint density at radius 2 is 1.78 bits per heavy atom. The highest BCUT2D eigenvalue weighted by Gasteiger charge is 2.15. The van der Waals surface area contributed by atoms with Gasteiger partial charge in [-0.3, -0.25) is 14.9 Å². The first kappa shape index (κ1) is 16.0. The van der Waals surface area contributed by atoms with Crippen LogP contribution in [0.3, 0.4) is 0 Å². The van der Waals surface area contributed by atoms with Crippen LogP contribution in [0.25, 0.3) is 0 Å². The monoisotopic (exact) mass is 316 g/mol. The summed E-state index contributed by atoms with van der Waals surface area (Å²) >= 11 is 0. The number of benzene rings is 2. The number of aryl methyl sites for hydroxylation is 1. The van der Waals surface area contributed by atoms with Crippen LogP contribution >= 0.6 is 0 Å². The van der Waals surface area contributed by atoms with E-state index in [0.717, 1.165) is 6.07 Å². The number of amides is 1. The Morgan fingerprint density at radius 3 is 2.30 bits per heavy atom. The van der Waals surface area contributed by atoms with Gasteiger partial charge in [0.05, 0.1) is 16.2 Å². The third-order valence-corrected chi connectivity index (χ3v) is 3.15. The van der Waals surface area contributed by atoms with Gasteiger partial charge in [-0.15, -0.1) is 0 Å². The molecule has 0 saturated heterocycles. The minimum absolute atomic E-state index is 0.0380. The van der Waals surface area contributed by atoms with Crippen LogP contribution in [0.2, 0.25) is 0 Å². The number of nitrogens with one attached hydrogen (secondary N) is 1. The topological polar surface area (TPSA) is 130 Å². The average molecular weight is 316 g/mol. The van der Waals surface area contributed by atoms with Crippen molar-refractivity contribution in [1.29, 1.82) is 0 Å². The first-order valence-corrected chi connectivity index (χ1v) is 6.42. The lowest BCUT2D eigenvalue weighted by Gasteiger charge is -2.08. The van der Waals surface area contributed by atoms with Crippen LogP contribution in [-0.4, -0.2) is 27.0 Å². The maximum absolute atomic E-state index is 12.1. The van der Waals surface area contributed by atoms with E-state index in [9.17, 15) is 24.8 Å². The molecule has 0 aromatic heterocycles. The van der Waals surface area contributed by atoms with Gasteiger partial charge in [0.2, 0.25) is 0 Å². The van der Waals surface area contributed by atoms with Crippen LogP contribution < -0.4 is 5.32 Å². The molecule has 0 fully saturated rings. The van der Waals surface area contributed by atoms with Gasteiger partial charge in [-0.25, -0.2) is 4.79 Å². The molecule has 8 nitrogen and oxygen atoms in total. The largest absolute Gasteiger partial charge is 0.506 e. The number of carbonyl (C=O) groups excluding carboxylic acids is 1. The van der Waals surface area contributed by atoms with Gasteiger partial charge in [0.1, 0.15) is 5.75 Å². The molecule has 2 aromatic carbocycles. The van der Waals surface area contributed by atoms with Crippen LogP contribution in [0.15, 0.2) is 36.4 Å². The van der Waals surface area contributed by atoms with Crippen LogP contribution in [0, 0.1) is 17.0 Å². The van der Waals surface area contributed by atoms with Crippen molar-refractivity contribution in [3.63, 3.8) is 0 Å². The number of aromatic carboxylic acids is 1. The molecule has 0 bridgehead atoms. The third kappa shape index (κ3) is 3.43. The number of phenolic OH excluding ortho intramolecular Hbond substituents is 1. The summed E-state index contributed by atoms with van der Waals surface area (Å²) in [5.41, 5.74) is 0.320. The van der Waals surface area contributed by atoms with Gasteiger partial charge in [0.15, 0.2) is 0 Å². The van der Waals surface area contributed by atoms with E-state index in [0.29, 0.717) is 5.56 Å². The van der Waals surface area contributed by atoms with Crippen molar-refractivity contribution in [1.82, 2.24) is 0 Å². The van der Waals surface area contributed by atoms with Gasteiger partial charge in [0, 0.05) is 17.2 Å². The zero-order chi connectivity index (χ0) is 17.1. The van der Waals surface area contributed by atoms with E-state index >= 15 is 0 Å². The number of nitrogens with zero attached hydrogens (tertiary/aromatic N) is 1. The molecule has 0 aliphatic carbocycles. The van der Waals surface area contributed by atoms with Gasteiger partial charge < -0.3 is 15.5 Å². The number of hydrogen-bond donors (Lipinski definition) is 3. The molecule has 1 amide bonds. The predicted molar refractivity (Wildman–Crippen MR) is 80.9 cm³/mol. The Morgan fingerprint density at radius 1 is 1.13 bits per heavy atom. The summed E-state index contributed by atoms with van der Waals surface area (Å²) in [4.78, 5) is 33.1. The zero-order valence-corrected chi connectivity index (χ0v) is 11.9. The van der Waals surface area contributed by atoms with Crippen LogP contribution in [0.5, 0.6) is 5.75 Å². The second-order valence-corrected chi connectivity index (χ2v) is 4.75. The normalized spacial score (nSPS) is 10.1. The Hall–Kier alpha value is -3.42. The van der Waals surface area contributed by atoms with Crippen molar-refractivity contribution in [3.05, 3.63) is 63.2 Å². The number of aromatic hydroxyl groups is 1. The van der Waals surface area contributed by atoms with Crippen LogP contribution in [0.1, 0.15) is 26.3 Å². The van der Waals surface area contributed by atoms with Crippen molar-refractivity contribution >= 4 is 23.3 Å². The second-order valence-electron chi connectivity index (χ2n) is 4.75. The van der Waals surface area contributed by atoms with E-state index in [-0.39, 0.29) is 22.5 Å². The molecule has 23 heavy (non-hydrogen) atoms. The van der Waals surface area contributed by atoms with Crippen molar-refractivity contribution in [3.8, 4) is 5.75 Å². The van der Waals surface area contributed by atoms with Crippen LogP contribution in [0.4, 0.5) is 11.4 Å². The first-order chi connectivity index (χ1) is 10.8. The molecular formula is C15H12N2O6. The smallest absolute Gasteiger partial charge is 0.335 e. The molecule has 0 aliphatic rings. The SMILES string of the molecule is Cc1cc(C(=O)Nc2ccc(C(=O)O)cc2O)ccc1[N+](=O)[O-]. The molecule has 8 heteroatoms. The van der Waals surface area contributed by atoms with E-state index < -0.39 is 22.5 Å². The fourth-order valence-corrected chi connectivity index (χ4v) is 1.97. The summed E-state index contributed by atoms with van der Waals surface area (Å²) in [7, 11) is 0. The van der Waals surface area contributed by atoms with Crippen molar-refractivity contribution in [2.75, 3.05) is 5.32 Å². The predicted octanol–water partition coefficient (Wildman–Crippen LogP) is 2.56. The van der Waals surface area contributed by atoms with E-state index in [1.807, 2.05) is 0 Å². The standard InChI is InChI=1S/C15H12N2O6/c1-8-6-9(3-5-12(8)17(22)23)14(19)16-11-4-2-10(15(20)21)7-13(11)18/h2-7,18H,1H3,(H,16,19)(H,20,21). The molecule has 0 atom stereocenters. The van der Waals surface area contributed by atoms with E-state index in [2.05, 4.69) is 5.32 Å². The molecule has 3 N–H and O–H groups in total. The lowest BCUT2D eigenvalue weighted by Crippen LogP contribution is -2.12. The Balaban J connectivity index is 2.24. The number of carboxylic acids is 1. The van der Waals surface area contributed by atoms with Crippen molar-refractivity contribution in [2.45, 2.75) is 6.92 Å². The fourth-order valence-electron chi connectivity index (χ4n) is 1.97. The quantitative estimate of drug-likeness (QED) is 0.451. The second kappa shape index (κ2) is 6.14. The summed E-state index contributed by atoms with van der Waals surface area (Å²) in [5, 5.41) is 31.7. The number of nitro groups is 1. The molecule has 2 aromatic rings. The van der Waals surface area contributed by atoms with Crippen LogP contribution in [-0.2, 0) is 0 Å². The molecule has 2 rings (SSSR count). The summed E-state index contributed by atoms with van der Waals surface area (Å²) in [6, 6.07) is 7.38. The van der Waals surface area contributed by atoms with Gasteiger partial charge in [-0.1, -0.05) is 0 Å². The fraction of sp³-hybridized carbons (Fsp3) is 0.0667. The first-order valence-electron chi connectivity index (χ1n) is 6.42. The lowest BCUT2D eigenvalue weighted by atomic mass is 10.1. The number of rotatable bonds is 4. The van der Waals surface area contributed by atoms with Gasteiger partial charge >= 0.3 is 5.97 Å². The third-order valence-electron chi connectivity index (χ3n) is 3.15. The zero-order valence-electron chi connectivity index (χ0n) is 11.9. The van der Waals surface area contributed by atoms with Crippen molar-refractivity contribution < 1.29 is 24.7 Å². The summed E-state index contributed by atoms with van der Waals surface area (Å²) in [6.45, 7) is 1.51. The number of anilines is 1. The number of carboxylic acid groups (broad SMARTS) is 1. The number of nitro benzene ring substituents is 1. The van der Waals surface area contributed by atoms with Gasteiger partial charge in [-0.2, -0.15) is 0 Å². The van der Waals surface area contributed by atoms with E-state index in [4.69, 9.17) is 5.11 Å². The molecule has 0 unspecified atom stereocenters. The maximum atomic E-state index is 12.1. The van der Waals surface area contributed by atoms with Gasteiger partial charge in [0.25, 0.3) is 11.6 Å². The highest BCUT2D eigenvalue weighted by molar-refractivity contribution is 6.05. The van der Waals surface area contributed by atoms with E-state index in [1.165, 1.54) is 37.3 Å². The summed E-state index contributed by atoms with van der Waals surface area (Å²) in [6.07, 6.45) is 0. The molecule has 0 spiro atoms. The molecule has 0 heterocycles. The lowest BCUT2D eigenvalue weighted by molar-refractivity contribution is -0.385.